The molecule has 1 atom stereocenters. The molecule has 1 N–H and O–H groups in total. The van der Waals surface area contributed by atoms with Crippen molar-refractivity contribution in [2.45, 2.75) is 89.6 Å². The Morgan fingerprint density at radius 2 is 1.84 bits per heavy atom. The molecule has 234 valence electrons. The number of hydrogen-bond donors (Lipinski definition) is 1. The van der Waals surface area contributed by atoms with Crippen LogP contribution >= 0.6 is 23.2 Å². The molecular weight excluding hydrogens is 614 g/mol. The number of aromatic nitrogens is 5. The molecule has 1 saturated carbocycles. The number of nitrogens with zero attached hydrogens (tertiary/aromatic N) is 4. The van der Waals surface area contributed by atoms with Gasteiger partial charge in [-0.15, -0.1) is 16.7 Å². The van der Waals surface area contributed by atoms with E-state index in [1.165, 1.54) is 17.9 Å². The number of esters is 1. The number of ether oxygens (including phenoxy) is 1. The molecule has 0 radical (unpaired) electrons. The Bertz CT molecular complexity index is 1660. The van der Waals surface area contributed by atoms with Crippen molar-refractivity contribution in [1.29, 1.82) is 0 Å². The predicted molar refractivity (Wildman–Crippen MR) is 154 cm³/mol. The Labute approximate surface area is 254 Å². The highest BCUT2D eigenvalue weighted by Crippen LogP contribution is 2.27. The zero-order chi connectivity index (χ0) is 31.4. The number of aromatic amines is 1. The standard InChI is InChI=1S/C15H14Cl2F3N3O3.C13H18N2O2/c1-3-26-13(24)10(17)4-8-5-12(11(18)6-9(8)16)23-15(25)22(14(19)20)7(2)21-23;16-12-10-7-4-8-11(10)14-13(17)15(12)9-5-2-1-3-6-9/h5-6,10,14H,3-4H2,1-2H3;9H,1-8H2,(H,14,17). The summed E-state index contributed by atoms with van der Waals surface area (Å²) in [5.74, 6) is -1.92. The molecule has 2 heterocycles. The summed E-state index contributed by atoms with van der Waals surface area (Å²) in [6.07, 6.45) is 8.01. The van der Waals surface area contributed by atoms with E-state index >= 15 is 0 Å². The number of nitrogens with one attached hydrogen (secondary N) is 1. The lowest BCUT2D eigenvalue weighted by molar-refractivity contribution is -0.142. The van der Waals surface area contributed by atoms with Gasteiger partial charge < -0.3 is 9.72 Å². The SMILES string of the molecule is CCOC(=O)C(Cl)Cc1cc(-n2nc(C)n(C(F)F)c2=O)c(F)cc1Cl.O=c1[nH]c2c(c(=O)n1C1CCCCC1)CCC2. The maximum atomic E-state index is 14.2. The van der Waals surface area contributed by atoms with Gasteiger partial charge in [-0.3, -0.25) is 14.2 Å². The molecule has 43 heavy (non-hydrogen) atoms. The molecule has 0 spiro atoms. The van der Waals surface area contributed by atoms with Gasteiger partial charge in [0.15, 0.2) is 5.82 Å². The summed E-state index contributed by atoms with van der Waals surface area (Å²) in [7, 11) is 0. The fraction of sp³-hybridized carbons (Fsp3) is 0.536. The number of alkyl halides is 3. The molecule has 2 aromatic heterocycles. The molecule has 0 aliphatic heterocycles. The van der Waals surface area contributed by atoms with Crippen LogP contribution in [0.2, 0.25) is 5.02 Å². The van der Waals surface area contributed by atoms with Crippen LogP contribution in [0.5, 0.6) is 0 Å². The highest BCUT2D eigenvalue weighted by atomic mass is 35.5. The first-order valence-corrected chi connectivity index (χ1v) is 14.9. The lowest BCUT2D eigenvalue weighted by atomic mass is 9.95. The quantitative estimate of drug-likeness (QED) is 0.292. The van der Waals surface area contributed by atoms with Gasteiger partial charge in [-0.2, -0.15) is 13.5 Å². The van der Waals surface area contributed by atoms with E-state index < -0.39 is 29.4 Å². The van der Waals surface area contributed by atoms with E-state index in [4.69, 9.17) is 27.9 Å². The smallest absolute Gasteiger partial charge is 0.355 e. The molecule has 2 aliphatic carbocycles. The number of benzene rings is 1. The van der Waals surface area contributed by atoms with Crippen LogP contribution < -0.4 is 16.9 Å². The Balaban J connectivity index is 0.000000213. The number of halogens is 5. The maximum Gasteiger partial charge on any atom is 0.355 e. The van der Waals surface area contributed by atoms with Crippen molar-refractivity contribution in [3.8, 4) is 5.69 Å². The van der Waals surface area contributed by atoms with Gasteiger partial charge in [0, 0.05) is 28.7 Å². The highest BCUT2D eigenvalue weighted by molar-refractivity contribution is 6.32. The summed E-state index contributed by atoms with van der Waals surface area (Å²) in [4.78, 5) is 50.9. The molecule has 2 aliphatic rings. The van der Waals surface area contributed by atoms with E-state index in [1.807, 2.05) is 0 Å². The van der Waals surface area contributed by atoms with Gasteiger partial charge in [0.05, 0.1) is 6.61 Å². The van der Waals surface area contributed by atoms with Gasteiger partial charge in [0.25, 0.3) is 5.56 Å². The number of hydrogen-bond acceptors (Lipinski definition) is 6. The number of carbonyl (C=O) groups is 1. The second-order valence-electron chi connectivity index (χ2n) is 10.4. The monoisotopic (exact) mass is 645 g/mol. The third kappa shape index (κ3) is 7.09. The van der Waals surface area contributed by atoms with E-state index in [9.17, 15) is 32.3 Å². The van der Waals surface area contributed by atoms with Crippen LogP contribution in [0.4, 0.5) is 13.2 Å². The van der Waals surface area contributed by atoms with Gasteiger partial charge in [-0.05, 0) is 63.6 Å². The van der Waals surface area contributed by atoms with Crippen molar-refractivity contribution < 1.29 is 22.7 Å². The van der Waals surface area contributed by atoms with Crippen LogP contribution in [0.1, 0.15) is 80.7 Å². The van der Waals surface area contributed by atoms with Crippen LogP contribution in [0.15, 0.2) is 26.5 Å². The predicted octanol–water partition coefficient (Wildman–Crippen LogP) is 4.77. The summed E-state index contributed by atoms with van der Waals surface area (Å²) in [5, 5.41) is 2.52. The normalized spacial score (nSPS) is 15.6. The molecule has 3 aromatic rings. The first-order valence-electron chi connectivity index (χ1n) is 14.1. The first-order chi connectivity index (χ1) is 20.4. The van der Waals surface area contributed by atoms with E-state index in [1.54, 1.807) is 6.92 Å². The van der Waals surface area contributed by atoms with E-state index in [2.05, 4.69) is 10.1 Å². The summed E-state index contributed by atoms with van der Waals surface area (Å²) >= 11 is 11.9. The van der Waals surface area contributed by atoms with Crippen molar-refractivity contribution in [2.75, 3.05) is 6.61 Å². The molecule has 5 rings (SSSR count). The number of H-pyrrole nitrogens is 1. The highest BCUT2D eigenvalue weighted by Gasteiger charge is 2.25. The average Bonchev–Trinajstić information content (AvgIpc) is 3.54. The number of aryl methyl sites for hydroxylation is 2. The molecule has 1 fully saturated rings. The Hall–Kier alpha value is -3.32. The minimum absolute atomic E-state index is 0.0202. The molecule has 1 aromatic carbocycles. The summed E-state index contributed by atoms with van der Waals surface area (Å²) < 4.78 is 47.0. The van der Waals surface area contributed by atoms with E-state index in [0.29, 0.717) is 4.68 Å². The van der Waals surface area contributed by atoms with Crippen LogP contribution in [0, 0.1) is 12.7 Å². The van der Waals surface area contributed by atoms with Gasteiger partial charge in [-0.1, -0.05) is 30.9 Å². The zero-order valence-electron chi connectivity index (χ0n) is 23.7. The molecule has 0 saturated heterocycles. The fourth-order valence-corrected chi connectivity index (χ4v) is 5.94. The molecular formula is C28H32Cl2F3N5O5. The summed E-state index contributed by atoms with van der Waals surface area (Å²) in [5.41, 5.74) is 0.160. The third-order valence-corrected chi connectivity index (χ3v) is 8.26. The third-order valence-electron chi connectivity index (χ3n) is 7.57. The zero-order valence-corrected chi connectivity index (χ0v) is 25.2. The van der Waals surface area contributed by atoms with Crippen molar-refractivity contribution >= 4 is 29.2 Å². The molecule has 1 unspecified atom stereocenters. The van der Waals surface area contributed by atoms with Crippen molar-refractivity contribution in [3.63, 3.8) is 0 Å². The van der Waals surface area contributed by atoms with Gasteiger partial charge >= 0.3 is 23.9 Å². The van der Waals surface area contributed by atoms with E-state index in [0.717, 1.165) is 68.3 Å². The topological polar surface area (TPSA) is 121 Å². The Morgan fingerprint density at radius 3 is 2.47 bits per heavy atom. The van der Waals surface area contributed by atoms with Gasteiger partial charge in [0.2, 0.25) is 0 Å². The number of carbonyl (C=O) groups excluding carboxylic acids is 1. The lowest BCUT2D eigenvalue weighted by Gasteiger charge is -2.23. The van der Waals surface area contributed by atoms with Gasteiger partial charge in [-0.25, -0.2) is 18.5 Å². The van der Waals surface area contributed by atoms with Crippen LogP contribution in [0.25, 0.3) is 5.69 Å². The Morgan fingerprint density at radius 1 is 1.14 bits per heavy atom. The van der Waals surface area contributed by atoms with Crippen molar-refractivity contribution in [2.24, 2.45) is 0 Å². The minimum atomic E-state index is -3.12. The van der Waals surface area contributed by atoms with Crippen molar-refractivity contribution in [3.05, 3.63) is 76.9 Å². The molecule has 10 nitrogen and oxygen atoms in total. The Kier molecular flexibility index (Phi) is 10.6. The van der Waals surface area contributed by atoms with Crippen LogP contribution in [-0.2, 0) is 28.8 Å². The van der Waals surface area contributed by atoms with Crippen LogP contribution in [-0.4, -0.2) is 41.9 Å². The number of fused-ring (bicyclic) bond motifs is 1. The maximum absolute atomic E-state index is 14.2. The summed E-state index contributed by atoms with van der Waals surface area (Å²) in [6.45, 7) is -0.195. The van der Waals surface area contributed by atoms with Gasteiger partial charge in [0.1, 0.15) is 16.9 Å². The molecule has 0 bridgehead atoms. The average molecular weight is 646 g/mol. The van der Waals surface area contributed by atoms with Crippen molar-refractivity contribution in [1.82, 2.24) is 23.9 Å². The molecule has 0 amide bonds. The second-order valence-corrected chi connectivity index (χ2v) is 11.3. The minimum Gasteiger partial charge on any atom is -0.465 e. The second kappa shape index (κ2) is 14.0. The fourth-order valence-electron chi connectivity index (χ4n) is 5.48. The largest absolute Gasteiger partial charge is 0.465 e. The molecule has 15 heteroatoms. The number of rotatable bonds is 7. The van der Waals surface area contributed by atoms with Crippen LogP contribution in [0.3, 0.4) is 0 Å². The first kappa shape index (κ1) is 32.6. The lowest BCUT2D eigenvalue weighted by Crippen LogP contribution is -2.40. The summed E-state index contributed by atoms with van der Waals surface area (Å²) in [6, 6.07) is 2.16. The van der Waals surface area contributed by atoms with E-state index in [-0.39, 0.29) is 57.0 Å².